The molecule has 0 atom stereocenters. The van der Waals surface area contributed by atoms with Gasteiger partial charge in [-0.25, -0.2) is 4.39 Å². The number of hydrogen-bond acceptors (Lipinski definition) is 3. The molecule has 6 heteroatoms. The molecule has 2 aromatic rings. The lowest BCUT2D eigenvalue weighted by Crippen LogP contribution is -2.27. The van der Waals surface area contributed by atoms with Crippen molar-refractivity contribution in [3.63, 3.8) is 0 Å². The Morgan fingerprint density at radius 3 is 2.77 bits per heavy atom. The summed E-state index contributed by atoms with van der Waals surface area (Å²) < 4.78 is 21.4. The highest BCUT2D eigenvalue weighted by Gasteiger charge is 2.36. The van der Waals surface area contributed by atoms with Crippen LogP contribution in [-0.4, -0.2) is 15.4 Å². The molecule has 0 bridgehead atoms. The van der Waals surface area contributed by atoms with Crippen LogP contribution in [0.5, 0.6) is 5.75 Å². The van der Waals surface area contributed by atoms with Crippen molar-refractivity contribution in [3.05, 3.63) is 50.1 Å². The zero-order valence-electron chi connectivity index (χ0n) is 12.8. The van der Waals surface area contributed by atoms with Gasteiger partial charge < -0.3 is 4.74 Å². The Bertz CT molecular complexity index is 843. The summed E-state index contributed by atoms with van der Waals surface area (Å²) >= 11 is 6.09. The Hall–Kier alpha value is -1.88. The minimum atomic E-state index is -0.581. The number of rotatable bonds is 1. The molecule has 0 saturated heterocycles. The Labute approximate surface area is 132 Å². The van der Waals surface area contributed by atoms with Crippen LogP contribution in [0.1, 0.15) is 30.5 Å². The van der Waals surface area contributed by atoms with Crippen molar-refractivity contribution >= 4 is 11.6 Å². The van der Waals surface area contributed by atoms with E-state index in [4.69, 9.17) is 16.3 Å². The van der Waals surface area contributed by atoms with Crippen LogP contribution in [0.3, 0.4) is 0 Å². The lowest BCUT2D eigenvalue weighted by molar-refractivity contribution is 0.138. The van der Waals surface area contributed by atoms with Crippen LogP contribution in [0.25, 0.3) is 5.69 Å². The van der Waals surface area contributed by atoms with Crippen molar-refractivity contribution < 1.29 is 9.13 Å². The third-order valence-corrected chi connectivity index (χ3v) is 4.20. The van der Waals surface area contributed by atoms with Gasteiger partial charge in [-0.1, -0.05) is 11.6 Å². The van der Waals surface area contributed by atoms with Gasteiger partial charge in [-0.3, -0.25) is 4.79 Å². The molecule has 22 heavy (non-hydrogen) atoms. The van der Waals surface area contributed by atoms with E-state index in [0.29, 0.717) is 23.3 Å². The van der Waals surface area contributed by atoms with E-state index in [2.05, 4.69) is 5.10 Å². The molecule has 0 unspecified atom stereocenters. The molecule has 0 amide bonds. The Morgan fingerprint density at radius 1 is 1.41 bits per heavy atom. The van der Waals surface area contributed by atoms with Gasteiger partial charge in [-0.05, 0) is 39.3 Å². The SMILES string of the molecule is Cc1cnn(-c2c(F)cc(Cl)c3c2CC(C)(C)O3)c(=O)c1C. The minimum absolute atomic E-state index is 0.123. The molecule has 0 aliphatic carbocycles. The first-order valence-corrected chi connectivity index (χ1v) is 7.35. The lowest BCUT2D eigenvalue weighted by Gasteiger charge is -2.17. The van der Waals surface area contributed by atoms with Gasteiger partial charge in [0.25, 0.3) is 5.56 Å². The number of aromatic nitrogens is 2. The predicted octanol–water partition coefficient (Wildman–Crippen LogP) is 3.36. The van der Waals surface area contributed by atoms with Gasteiger partial charge in [-0.2, -0.15) is 9.78 Å². The van der Waals surface area contributed by atoms with Crippen LogP contribution in [0.2, 0.25) is 5.02 Å². The quantitative estimate of drug-likeness (QED) is 0.808. The maximum absolute atomic E-state index is 14.5. The molecule has 1 aromatic carbocycles. The minimum Gasteiger partial charge on any atom is -0.486 e. The Kier molecular flexibility index (Phi) is 3.29. The first-order chi connectivity index (χ1) is 10.2. The highest BCUT2D eigenvalue weighted by molar-refractivity contribution is 6.32. The molecule has 1 aromatic heterocycles. The summed E-state index contributed by atoms with van der Waals surface area (Å²) in [5.41, 5.74) is 1.16. The van der Waals surface area contributed by atoms with E-state index in [1.165, 1.54) is 6.07 Å². The molecule has 3 rings (SSSR count). The Morgan fingerprint density at radius 2 is 2.09 bits per heavy atom. The zero-order chi connectivity index (χ0) is 16.2. The molecule has 2 heterocycles. The summed E-state index contributed by atoms with van der Waals surface area (Å²) in [6.45, 7) is 7.27. The van der Waals surface area contributed by atoms with Crippen LogP contribution < -0.4 is 10.3 Å². The van der Waals surface area contributed by atoms with Gasteiger partial charge in [0, 0.05) is 17.5 Å². The van der Waals surface area contributed by atoms with Crippen molar-refractivity contribution in [2.75, 3.05) is 0 Å². The number of ether oxygens (including phenoxy) is 1. The number of benzene rings is 1. The summed E-state index contributed by atoms with van der Waals surface area (Å²) in [6, 6.07) is 1.17. The maximum atomic E-state index is 14.5. The van der Waals surface area contributed by atoms with Gasteiger partial charge in [0.1, 0.15) is 17.0 Å². The average molecular weight is 323 g/mol. The fourth-order valence-corrected chi connectivity index (χ4v) is 2.91. The van der Waals surface area contributed by atoms with Gasteiger partial charge in [0.05, 0.1) is 11.2 Å². The van der Waals surface area contributed by atoms with Gasteiger partial charge >= 0.3 is 0 Å². The molecular weight excluding hydrogens is 307 g/mol. The predicted molar refractivity (Wildman–Crippen MR) is 82.7 cm³/mol. The number of hydrogen-bond donors (Lipinski definition) is 0. The lowest BCUT2D eigenvalue weighted by atomic mass is 10.00. The van der Waals surface area contributed by atoms with Crippen molar-refractivity contribution in [1.29, 1.82) is 0 Å². The topological polar surface area (TPSA) is 44.1 Å². The molecule has 0 spiro atoms. The summed E-state index contributed by atoms with van der Waals surface area (Å²) in [7, 11) is 0. The molecular formula is C16H16ClFN2O2. The smallest absolute Gasteiger partial charge is 0.274 e. The fourth-order valence-electron chi connectivity index (χ4n) is 2.66. The third kappa shape index (κ3) is 2.20. The number of nitrogens with zero attached hydrogens (tertiary/aromatic N) is 2. The monoisotopic (exact) mass is 322 g/mol. The second-order valence-corrected chi connectivity index (χ2v) is 6.61. The molecule has 0 radical (unpaired) electrons. The van der Waals surface area contributed by atoms with E-state index < -0.39 is 11.4 Å². The van der Waals surface area contributed by atoms with E-state index >= 15 is 0 Å². The molecule has 0 saturated carbocycles. The first kappa shape index (κ1) is 15.0. The van der Waals surface area contributed by atoms with Gasteiger partial charge in [-0.15, -0.1) is 0 Å². The van der Waals surface area contributed by atoms with E-state index in [1.807, 2.05) is 13.8 Å². The molecule has 0 fully saturated rings. The van der Waals surface area contributed by atoms with Crippen molar-refractivity contribution in [2.45, 2.75) is 39.7 Å². The molecule has 1 aliphatic heterocycles. The van der Waals surface area contributed by atoms with Crippen molar-refractivity contribution in [2.24, 2.45) is 0 Å². The van der Waals surface area contributed by atoms with E-state index in [0.717, 1.165) is 10.2 Å². The molecule has 1 aliphatic rings. The van der Waals surface area contributed by atoms with Crippen LogP contribution in [0.4, 0.5) is 4.39 Å². The van der Waals surface area contributed by atoms with Crippen molar-refractivity contribution in [1.82, 2.24) is 9.78 Å². The summed E-state index contributed by atoms with van der Waals surface area (Å²) in [5.74, 6) is -0.155. The number of halogens is 2. The third-order valence-electron chi connectivity index (χ3n) is 3.92. The second kappa shape index (κ2) is 4.81. The Balaban J connectivity index is 2.33. The van der Waals surface area contributed by atoms with E-state index in [-0.39, 0.29) is 16.3 Å². The summed E-state index contributed by atoms with van der Waals surface area (Å²) in [5, 5.41) is 4.30. The second-order valence-electron chi connectivity index (χ2n) is 6.20. The van der Waals surface area contributed by atoms with Crippen LogP contribution in [-0.2, 0) is 6.42 Å². The van der Waals surface area contributed by atoms with Crippen molar-refractivity contribution in [3.8, 4) is 11.4 Å². The standard InChI is InChI=1S/C16H16ClFN2O2/c1-8-7-19-20(15(21)9(8)2)13-10-6-16(3,4)22-14(10)11(17)5-12(13)18/h5,7H,6H2,1-4H3. The normalized spacial score (nSPS) is 15.5. The van der Waals surface area contributed by atoms with E-state index in [1.54, 1.807) is 20.0 Å². The first-order valence-electron chi connectivity index (χ1n) is 6.97. The summed E-state index contributed by atoms with van der Waals surface area (Å²) in [6.07, 6.45) is 2.01. The zero-order valence-corrected chi connectivity index (χ0v) is 13.6. The highest BCUT2D eigenvalue weighted by atomic mass is 35.5. The summed E-state index contributed by atoms with van der Waals surface area (Å²) in [4.78, 5) is 12.4. The molecule has 116 valence electrons. The maximum Gasteiger partial charge on any atom is 0.274 e. The van der Waals surface area contributed by atoms with Crippen LogP contribution >= 0.6 is 11.6 Å². The van der Waals surface area contributed by atoms with Crippen LogP contribution in [0.15, 0.2) is 17.1 Å². The van der Waals surface area contributed by atoms with Crippen LogP contribution in [0, 0.1) is 19.7 Å². The van der Waals surface area contributed by atoms with Gasteiger partial charge in [0.15, 0.2) is 5.82 Å². The average Bonchev–Trinajstić information content (AvgIpc) is 2.74. The molecule has 0 N–H and O–H groups in total. The largest absolute Gasteiger partial charge is 0.486 e. The van der Waals surface area contributed by atoms with E-state index in [9.17, 15) is 9.18 Å². The fraction of sp³-hybridized carbons (Fsp3) is 0.375. The highest BCUT2D eigenvalue weighted by Crippen LogP contribution is 2.44. The number of aryl methyl sites for hydroxylation is 1. The molecule has 4 nitrogen and oxygen atoms in total. The van der Waals surface area contributed by atoms with Gasteiger partial charge in [0.2, 0.25) is 0 Å². The number of fused-ring (bicyclic) bond motifs is 1.